The molecule has 208 valence electrons. The van der Waals surface area contributed by atoms with Crippen molar-refractivity contribution in [1.29, 1.82) is 0 Å². The van der Waals surface area contributed by atoms with E-state index in [4.69, 9.17) is 27.4 Å². The van der Waals surface area contributed by atoms with Crippen LogP contribution in [0, 0.1) is 0 Å². The molecule has 0 saturated heterocycles. The maximum absolute atomic E-state index is 11.8. The minimum absolute atomic E-state index is 0.00304. The molecule has 35 heavy (non-hydrogen) atoms. The van der Waals surface area contributed by atoms with E-state index in [0.29, 0.717) is 6.54 Å². The van der Waals surface area contributed by atoms with Crippen molar-refractivity contribution in [2.45, 2.75) is 135 Å². The van der Waals surface area contributed by atoms with Gasteiger partial charge in [-0.1, -0.05) is 96.8 Å². The number of nitrogens with one attached hydrogen (secondary N) is 1. The Morgan fingerprint density at radius 2 is 1.14 bits per heavy atom. The van der Waals surface area contributed by atoms with Crippen LogP contribution in [-0.2, 0) is 14.4 Å². The Labute approximate surface area is 213 Å². The maximum Gasteiger partial charge on any atom is 0.321 e. The van der Waals surface area contributed by atoms with Crippen molar-refractivity contribution in [3.8, 4) is 0 Å². The van der Waals surface area contributed by atoms with E-state index in [2.05, 4.69) is 12.2 Å². The van der Waals surface area contributed by atoms with Crippen molar-refractivity contribution in [2.24, 2.45) is 17.2 Å². The van der Waals surface area contributed by atoms with Gasteiger partial charge in [-0.2, -0.15) is 0 Å². The first-order chi connectivity index (χ1) is 16.8. The van der Waals surface area contributed by atoms with Gasteiger partial charge in [0.1, 0.15) is 6.04 Å². The molecule has 0 fully saturated rings. The zero-order valence-electron chi connectivity index (χ0n) is 22.1. The van der Waals surface area contributed by atoms with Crippen LogP contribution in [0.5, 0.6) is 0 Å². The average Bonchev–Trinajstić information content (AvgIpc) is 2.81. The lowest BCUT2D eigenvalue weighted by Gasteiger charge is -2.11. The highest BCUT2D eigenvalue weighted by Crippen LogP contribution is 2.12. The van der Waals surface area contributed by atoms with E-state index >= 15 is 0 Å². The molecular formula is C26H54N4O5. The number of amides is 1. The summed E-state index contributed by atoms with van der Waals surface area (Å²) in [4.78, 5) is 31.4. The van der Waals surface area contributed by atoms with Gasteiger partial charge in [0.05, 0.1) is 12.5 Å². The van der Waals surface area contributed by atoms with Crippen molar-refractivity contribution in [3.63, 3.8) is 0 Å². The fraction of sp³-hybridized carbons (Fsp3) is 0.885. The SMILES string of the molecule is CCCCCCCCCCCCCCCCNC(=O)[C@@H](N)CCCCN.N[C@@H](CC(=O)O)C(=O)O. The fourth-order valence-electron chi connectivity index (χ4n) is 3.58. The van der Waals surface area contributed by atoms with Gasteiger partial charge < -0.3 is 32.7 Å². The largest absolute Gasteiger partial charge is 0.481 e. The third-order valence-corrected chi connectivity index (χ3v) is 5.85. The minimum Gasteiger partial charge on any atom is -0.481 e. The number of carbonyl (C=O) groups excluding carboxylic acids is 1. The van der Waals surface area contributed by atoms with Crippen LogP contribution in [0.4, 0.5) is 0 Å². The van der Waals surface area contributed by atoms with Crippen LogP contribution >= 0.6 is 0 Å². The van der Waals surface area contributed by atoms with Crippen LogP contribution in [0.15, 0.2) is 0 Å². The first kappa shape index (κ1) is 35.5. The lowest BCUT2D eigenvalue weighted by molar-refractivity contribution is -0.144. The summed E-state index contributed by atoms with van der Waals surface area (Å²) in [6.07, 6.45) is 21.0. The first-order valence-electron chi connectivity index (χ1n) is 13.7. The molecule has 9 nitrogen and oxygen atoms in total. The van der Waals surface area contributed by atoms with Gasteiger partial charge in [-0.3, -0.25) is 14.4 Å². The lowest BCUT2D eigenvalue weighted by atomic mass is 10.0. The zero-order valence-corrected chi connectivity index (χ0v) is 22.1. The molecular weight excluding hydrogens is 448 g/mol. The van der Waals surface area contributed by atoms with Crippen molar-refractivity contribution in [2.75, 3.05) is 13.1 Å². The van der Waals surface area contributed by atoms with Gasteiger partial charge in [-0.25, -0.2) is 0 Å². The van der Waals surface area contributed by atoms with E-state index in [1.165, 1.54) is 83.5 Å². The monoisotopic (exact) mass is 502 g/mol. The molecule has 0 aromatic rings. The molecule has 0 aromatic heterocycles. The van der Waals surface area contributed by atoms with E-state index in [1.54, 1.807) is 0 Å². The Morgan fingerprint density at radius 1 is 0.686 bits per heavy atom. The molecule has 0 heterocycles. The van der Waals surface area contributed by atoms with Crippen LogP contribution in [0.3, 0.4) is 0 Å². The van der Waals surface area contributed by atoms with Crippen LogP contribution in [0.1, 0.15) is 122 Å². The van der Waals surface area contributed by atoms with Crippen LogP contribution in [-0.4, -0.2) is 53.2 Å². The van der Waals surface area contributed by atoms with Crippen LogP contribution < -0.4 is 22.5 Å². The Balaban J connectivity index is 0. The molecule has 0 aliphatic heterocycles. The second-order valence-corrected chi connectivity index (χ2v) is 9.32. The number of carbonyl (C=O) groups is 3. The quantitative estimate of drug-likeness (QED) is 0.114. The molecule has 2 atom stereocenters. The van der Waals surface area contributed by atoms with E-state index in [9.17, 15) is 14.4 Å². The topological polar surface area (TPSA) is 182 Å². The number of unbranched alkanes of at least 4 members (excludes halogenated alkanes) is 14. The molecule has 0 aromatic carbocycles. The van der Waals surface area contributed by atoms with Gasteiger partial charge in [0.25, 0.3) is 0 Å². The fourth-order valence-corrected chi connectivity index (χ4v) is 3.58. The molecule has 0 aliphatic rings. The molecule has 0 unspecified atom stereocenters. The van der Waals surface area contributed by atoms with Gasteiger partial charge in [0.15, 0.2) is 0 Å². The average molecular weight is 503 g/mol. The van der Waals surface area contributed by atoms with Gasteiger partial charge >= 0.3 is 11.9 Å². The molecule has 0 bridgehead atoms. The highest BCUT2D eigenvalue weighted by Gasteiger charge is 2.14. The van der Waals surface area contributed by atoms with Gasteiger partial charge in [-0.05, 0) is 25.8 Å². The highest BCUT2D eigenvalue weighted by atomic mass is 16.4. The van der Waals surface area contributed by atoms with Gasteiger partial charge in [-0.15, -0.1) is 0 Å². The number of carboxylic acid groups (broad SMARTS) is 2. The predicted molar refractivity (Wildman–Crippen MR) is 142 cm³/mol. The molecule has 0 spiro atoms. The first-order valence-corrected chi connectivity index (χ1v) is 13.7. The number of aliphatic carboxylic acids is 2. The van der Waals surface area contributed by atoms with Crippen LogP contribution in [0.2, 0.25) is 0 Å². The van der Waals surface area contributed by atoms with Gasteiger partial charge in [0, 0.05) is 6.54 Å². The Hall–Kier alpha value is -1.71. The predicted octanol–water partition coefficient (Wildman–Crippen LogP) is 3.91. The summed E-state index contributed by atoms with van der Waals surface area (Å²) in [5, 5.41) is 19.0. The van der Waals surface area contributed by atoms with Crippen molar-refractivity contribution < 1.29 is 24.6 Å². The Bertz CT molecular complexity index is 520. The molecule has 9 N–H and O–H groups in total. The third kappa shape index (κ3) is 28.4. The third-order valence-electron chi connectivity index (χ3n) is 5.85. The number of hydrogen-bond donors (Lipinski definition) is 6. The number of hydrogen-bond acceptors (Lipinski definition) is 6. The lowest BCUT2D eigenvalue weighted by Crippen LogP contribution is -2.40. The summed E-state index contributed by atoms with van der Waals surface area (Å²) in [7, 11) is 0. The number of rotatable bonds is 23. The molecule has 0 rings (SSSR count). The number of carboxylic acids is 2. The van der Waals surface area contributed by atoms with Crippen LogP contribution in [0.25, 0.3) is 0 Å². The summed E-state index contributed by atoms with van der Waals surface area (Å²) < 4.78 is 0. The normalized spacial score (nSPS) is 12.3. The Morgan fingerprint density at radius 3 is 1.51 bits per heavy atom. The smallest absolute Gasteiger partial charge is 0.321 e. The second kappa shape index (κ2) is 26.9. The van der Waals surface area contributed by atoms with Gasteiger partial charge in [0.2, 0.25) is 5.91 Å². The molecule has 9 heteroatoms. The molecule has 1 amide bonds. The van der Waals surface area contributed by atoms with Crippen molar-refractivity contribution >= 4 is 17.8 Å². The van der Waals surface area contributed by atoms with Crippen molar-refractivity contribution in [3.05, 3.63) is 0 Å². The summed E-state index contributed by atoms with van der Waals surface area (Å²) in [5.74, 6) is -2.50. The van der Waals surface area contributed by atoms with E-state index in [1.807, 2.05) is 0 Å². The summed E-state index contributed by atoms with van der Waals surface area (Å²) in [5.41, 5.74) is 16.2. The van der Waals surface area contributed by atoms with E-state index in [-0.39, 0.29) is 11.9 Å². The zero-order chi connectivity index (χ0) is 26.7. The van der Waals surface area contributed by atoms with E-state index < -0.39 is 24.4 Å². The Kier molecular flexibility index (Phi) is 27.2. The van der Waals surface area contributed by atoms with Crippen molar-refractivity contribution in [1.82, 2.24) is 5.32 Å². The maximum atomic E-state index is 11.8. The van der Waals surface area contributed by atoms with E-state index in [0.717, 1.165) is 32.2 Å². The summed E-state index contributed by atoms with van der Waals surface area (Å²) >= 11 is 0. The minimum atomic E-state index is -1.29. The molecule has 0 aliphatic carbocycles. The standard InChI is InChI=1S/C22H47N3O.C4H7NO4/c1-2-3-4-5-6-7-8-9-10-11-12-13-14-17-20-25-22(26)21(24)18-15-16-19-23;5-2(4(8)9)1-3(6)7/h21H,2-20,23-24H2,1H3,(H,25,26);2H,1,5H2,(H,6,7)(H,8,9)/t21-;2-/m00/s1. The summed E-state index contributed by atoms with van der Waals surface area (Å²) in [6.45, 7) is 3.71. The number of nitrogens with two attached hydrogens (primary N) is 3. The summed E-state index contributed by atoms with van der Waals surface area (Å²) in [6, 6.07) is -1.66. The molecule has 0 radical (unpaired) electrons. The highest BCUT2D eigenvalue weighted by molar-refractivity contribution is 5.81. The second-order valence-electron chi connectivity index (χ2n) is 9.32. The molecule has 0 saturated carbocycles.